The number of anilines is 1. The zero-order chi connectivity index (χ0) is 18.5. The van der Waals surface area contributed by atoms with Gasteiger partial charge in [0.15, 0.2) is 11.5 Å². The van der Waals surface area contributed by atoms with Crippen LogP contribution in [0.2, 0.25) is 0 Å². The Morgan fingerprint density at radius 2 is 1.37 bits per heavy atom. The van der Waals surface area contributed by atoms with E-state index in [0.717, 1.165) is 17.5 Å². The quantitative estimate of drug-likeness (QED) is 0.739. The predicted octanol–water partition coefficient (Wildman–Crippen LogP) is 4.62. The van der Waals surface area contributed by atoms with E-state index in [4.69, 9.17) is 9.47 Å². The van der Waals surface area contributed by atoms with Gasteiger partial charge in [0.2, 0.25) is 5.91 Å². The van der Waals surface area contributed by atoms with Gasteiger partial charge < -0.3 is 14.8 Å². The average Bonchev–Trinajstić information content (AvgIpc) is 2.95. The second-order valence-electron chi connectivity index (χ2n) is 6.46. The molecule has 4 rings (SSSR count). The number of nitrogens with one attached hydrogen (secondary N) is 1. The maximum Gasteiger partial charge on any atom is 0.236 e. The van der Waals surface area contributed by atoms with Crippen LogP contribution in [0.3, 0.4) is 0 Å². The summed E-state index contributed by atoms with van der Waals surface area (Å²) < 4.78 is 11.4. The highest BCUT2D eigenvalue weighted by molar-refractivity contribution is 5.98. The van der Waals surface area contributed by atoms with Crippen molar-refractivity contribution in [3.05, 3.63) is 90.0 Å². The molecule has 3 aromatic carbocycles. The van der Waals surface area contributed by atoms with Gasteiger partial charge in [-0.3, -0.25) is 4.79 Å². The number of benzene rings is 3. The van der Waals surface area contributed by atoms with Gasteiger partial charge in [0.1, 0.15) is 0 Å². The van der Waals surface area contributed by atoms with Gasteiger partial charge in [-0.15, -0.1) is 0 Å². The molecule has 1 aliphatic heterocycles. The summed E-state index contributed by atoms with van der Waals surface area (Å²) in [7, 11) is 0. The number of hydrogen-bond acceptors (Lipinski definition) is 3. The monoisotopic (exact) mass is 359 g/mol. The SMILES string of the molecule is O=C(Nc1ccc2c(c1)OCCCO2)C(c1ccccc1)c1ccccc1. The molecule has 0 atom stereocenters. The van der Waals surface area contributed by atoms with Crippen molar-refractivity contribution in [3.8, 4) is 11.5 Å². The van der Waals surface area contributed by atoms with Crippen molar-refractivity contribution in [1.29, 1.82) is 0 Å². The number of carbonyl (C=O) groups is 1. The van der Waals surface area contributed by atoms with E-state index in [1.165, 1.54) is 0 Å². The summed E-state index contributed by atoms with van der Waals surface area (Å²) in [6, 6.07) is 25.1. The van der Waals surface area contributed by atoms with Crippen molar-refractivity contribution >= 4 is 11.6 Å². The van der Waals surface area contributed by atoms with Crippen LogP contribution in [0, 0.1) is 0 Å². The molecule has 0 saturated carbocycles. The lowest BCUT2D eigenvalue weighted by Crippen LogP contribution is -2.22. The van der Waals surface area contributed by atoms with Gasteiger partial charge in [-0.25, -0.2) is 0 Å². The van der Waals surface area contributed by atoms with Crippen LogP contribution >= 0.6 is 0 Å². The van der Waals surface area contributed by atoms with Crippen LogP contribution in [0.15, 0.2) is 78.9 Å². The molecule has 0 saturated heterocycles. The first kappa shape index (κ1) is 17.2. The molecule has 0 fully saturated rings. The summed E-state index contributed by atoms with van der Waals surface area (Å²) in [6.45, 7) is 1.25. The summed E-state index contributed by atoms with van der Waals surface area (Å²) in [5, 5.41) is 3.04. The Morgan fingerprint density at radius 3 is 2.00 bits per heavy atom. The van der Waals surface area contributed by atoms with E-state index in [-0.39, 0.29) is 11.8 Å². The fourth-order valence-electron chi connectivity index (χ4n) is 3.24. The molecule has 0 spiro atoms. The lowest BCUT2D eigenvalue weighted by Gasteiger charge is -2.18. The molecule has 0 unspecified atom stereocenters. The normalized spacial score (nSPS) is 13.1. The Hall–Kier alpha value is -3.27. The van der Waals surface area contributed by atoms with Crippen LogP contribution in [-0.4, -0.2) is 19.1 Å². The fourth-order valence-corrected chi connectivity index (χ4v) is 3.24. The smallest absolute Gasteiger partial charge is 0.236 e. The van der Waals surface area contributed by atoms with Crippen molar-refractivity contribution in [2.75, 3.05) is 18.5 Å². The highest BCUT2D eigenvalue weighted by Gasteiger charge is 2.23. The van der Waals surface area contributed by atoms with Crippen LogP contribution in [0.5, 0.6) is 11.5 Å². The Bertz CT molecular complexity index is 870. The third-order valence-corrected chi connectivity index (χ3v) is 4.54. The van der Waals surface area contributed by atoms with E-state index < -0.39 is 0 Å². The Morgan fingerprint density at radius 1 is 0.778 bits per heavy atom. The van der Waals surface area contributed by atoms with Crippen LogP contribution < -0.4 is 14.8 Å². The van der Waals surface area contributed by atoms with E-state index >= 15 is 0 Å². The van der Waals surface area contributed by atoms with Gasteiger partial charge in [0.25, 0.3) is 0 Å². The number of rotatable bonds is 4. The lowest BCUT2D eigenvalue weighted by molar-refractivity contribution is -0.116. The minimum absolute atomic E-state index is 0.0816. The fraction of sp³-hybridized carbons (Fsp3) is 0.174. The van der Waals surface area contributed by atoms with Crippen molar-refractivity contribution in [2.24, 2.45) is 0 Å². The van der Waals surface area contributed by atoms with Gasteiger partial charge in [-0.2, -0.15) is 0 Å². The summed E-state index contributed by atoms with van der Waals surface area (Å²) in [4.78, 5) is 13.2. The van der Waals surface area contributed by atoms with Gasteiger partial charge in [-0.05, 0) is 23.3 Å². The first-order valence-electron chi connectivity index (χ1n) is 9.12. The molecule has 0 aliphatic carbocycles. The Labute approximate surface area is 158 Å². The zero-order valence-corrected chi connectivity index (χ0v) is 14.9. The largest absolute Gasteiger partial charge is 0.490 e. The minimum Gasteiger partial charge on any atom is -0.490 e. The topological polar surface area (TPSA) is 47.6 Å². The van der Waals surface area contributed by atoms with E-state index in [0.29, 0.717) is 30.4 Å². The Kier molecular flexibility index (Phi) is 5.06. The van der Waals surface area contributed by atoms with Crippen LogP contribution in [-0.2, 0) is 4.79 Å². The number of hydrogen-bond donors (Lipinski definition) is 1. The first-order valence-corrected chi connectivity index (χ1v) is 9.12. The molecular formula is C23H21NO3. The van der Waals surface area contributed by atoms with Gasteiger partial charge in [0, 0.05) is 18.2 Å². The molecule has 3 aromatic rings. The molecule has 0 bridgehead atoms. The standard InChI is InChI=1S/C23H21NO3/c25-23(24-19-12-13-20-21(16-19)27-15-7-14-26-20)22(17-8-3-1-4-9-17)18-10-5-2-6-11-18/h1-6,8-13,16,22H,7,14-15H2,(H,24,25). The maximum absolute atomic E-state index is 13.2. The van der Waals surface area contributed by atoms with Crippen molar-refractivity contribution in [2.45, 2.75) is 12.3 Å². The van der Waals surface area contributed by atoms with Crippen LogP contribution in [0.25, 0.3) is 0 Å². The van der Waals surface area contributed by atoms with Gasteiger partial charge >= 0.3 is 0 Å². The molecule has 1 amide bonds. The van der Waals surface area contributed by atoms with Crippen LogP contribution in [0.1, 0.15) is 23.5 Å². The van der Waals surface area contributed by atoms with E-state index in [2.05, 4.69) is 5.32 Å². The minimum atomic E-state index is -0.386. The number of carbonyl (C=O) groups excluding carboxylic acids is 1. The molecular weight excluding hydrogens is 338 g/mol. The van der Waals surface area contributed by atoms with Crippen LogP contribution in [0.4, 0.5) is 5.69 Å². The summed E-state index contributed by atoms with van der Waals surface area (Å²) in [5.41, 5.74) is 2.60. The molecule has 4 nitrogen and oxygen atoms in total. The van der Waals surface area contributed by atoms with Gasteiger partial charge in [0.05, 0.1) is 19.1 Å². The maximum atomic E-state index is 13.2. The van der Waals surface area contributed by atoms with Crippen molar-refractivity contribution in [1.82, 2.24) is 0 Å². The zero-order valence-electron chi connectivity index (χ0n) is 14.9. The molecule has 136 valence electrons. The molecule has 1 N–H and O–H groups in total. The second kappa shape index (κ2) is 7.96. The molecule has 0 radical (unpaired) electrons. The predicted molar refractivity (Wildman–Crippen MR) is 105 cm³/mol. The summed E-state index contributed by atoms with van der Waals surface area (Å²) in [6.07, 6.45) is 0.848. The van der Waals surface area contributed by atoms with Gasteiger partial charge in [-0.1, -0.05) is 60.7 Å². The Balaban J connectivity index is 1.62. The number of fused-ring (bicyclic) bond motifs is 1. The third kappa shape index (κ3) is 3.95. The second-order valence-corrected chi connectivity index (χ2v) is 6.46. The highest BCUT2D eigenvalue weighted by atomic mass is 16.5. The lowest BCUT2D eigenvalue weighted by atomic mass is 9.90. The molecule has 1 heterocycles. The first-order chi connectivity index (χ1) is 13.3. The number of amides is 1. The molecule has 0 aromatic heterocycles. The molecule has 4 heteroatoms. The number of ether oxygens (including phenoxy) is 2. The summed E-state index contributed by atoms with van der Waals surface area (Å²) >= 11 is 0. The molecule has 27 heavy (non-hydrogen) atoms. The van der Waals surface area contributed by atoms with E-state index in [1.54, 1.807) is 0 Å². The van der Waals surface area contributed by atoms with Crippen molar-refractivity contribution < 1.29 is 14.3 Å². The summed E-state index contributed by atoms with van der Waals surface area (Å²) in [5.74, 6) is 0.916. The van der Waals surface area contributed by atoms with Crippen molar-refractivity contribution in [3.63, 3.8) is 0 Å². The van der Waals surface area contributed by atoms with E-state index in [1.807, 2.05) is 78.9 Å². The molecule has 1 aliphatic rings. The highest BCUT2D eigenvalue weighted by Crippen LogP contribution is 2.33. The average molecular weight is 359 g/mol. The van der Waals surface area contributed by atoms with E-state index in [9.17, 15) is 4.79 Å². The third-order valence-electron chi connectivity index (χ3n) is 4.54.